The van der Waals surface area contributed by atoms with Crippen LogP contribution in [0.2, 0.25) is 0 Å². The van der Waals surface area contributed by atoms with Gasteiger partial charge < -0.3 is 4.74 Å². The molecule has 2 nitrogen and oxygen atoms in total. The van der Waals surface area contributed by atoms with E-state index < -0.39 is 46.7 Å². The Kier molecular flexibility index (Phi) is 4.28. The number of benzene rings is 1. The molecule has 0 fully saturated rings. The lowest BCUT2D eigenvalue weighted by atomic mass is 10.1. The molecule has 1 aromatic carbocycles. The predicted molar refractivity (Wildman–Crippen MR) is 55.6 cm³/mol. The molecule has 1 rings (SSSR count). The molecule has 0 heterocycles. The number of carbonyl (C=O) groups is 1. The van der Waals surface area contributed by atoms with Crippen LogP contribution in [0.5, 0.6) is 0 Å². The lowest BCUT2D eigenvalue weighted by Crippen LogP contribution is -2.15. The van der Waals surface area contributed by atoms with Gasteiger partial charge in [-0.25, -0.2) is 26.7 Å². The van der Waals surface area contributed by atoms with Crippen LogP contribution in [-0.2, 0) is 9.53 Å². The highest BCUT2D eigenvalue weighted by Crippen LogP contribution is 2.29. The van der Waals surface area contributed by atoms with Gasteiger partial charge in [0.1, 0.15) is 6.10 Å². The Morgan fingerprint density at radius 1 is 1.00 bits per heavy atom. The fourth-order valence-corrected chi connectivity index (χ4v) is 1.30. The Morgan fingerprint density at radius 2 is 1.37 bits per heavy atom. The molecule has 1 aromatic rings. The first-order chi connectivity index (χ1) is 8.68. The first-order valence-electron chi connectivity index (χ1n) is 5.06. The molecule has 0 aliphatic carbocycles. The van der Waals surface area contributed by atoms with Crippen LogP contribution in [0.25, 0.3) is 0 Å². The Labute approximate surface area is 105 Å². The minimum atomic E-state index is -2.27. The molecule has 0 amide bonds. The summed E-state index contributed by atoms with van der Waals surface area (Å²) in [5.74, 6) is -11.5. The molecule has 104 valence electrons. The largest absolute Gasteiger partial charge is 0.454 e. The summed E-state index contributed by atoms with van der Waals surface area (Å²) in [6.07, 6.45) is -1.64. The third-order valence-electron chi connectivity index (χ3n) is 2.28. The highest BCUT2D eigenvalue weighted by Gasteiger charge is 2.30. The van der Waals surface area contributed by atoms with Gasteiger partial charge in [0, 0.05) is 5.57 Å². The number of hydrogen-bond donors (Lipinski definition) is 0. The molecule has 0 saturated carbocycles. The lowest BCUT2D eigenvalue weighted by Gasteiger charge is -2.16. The number of halogens is 5. The summed E-state index contributed by atoms with van der Waals surface area (Å²) in [6, 6.07) is 0. The van der Waals surface area contributed by atoms with Gasteiger partial charge in [-0.15, -0.1) is 0 Å². The second kappa shape index (κ2) is 5.38. The van der Waals surface area contributed by atoms with Crippen molar-refractivity contribution in [3.63, 3.8) is 0 Å². The van der Waals surface area contributed by atoms with Gasteiger partial charge in [-0.1, -0.05) is 6.58 Å². The van der Waals surface area contributed by atoms with Crippen LogP contribution in [0, 0.1) is 29.1 Å². The molecule has 0 aromatic heterocycles. The van der Waals surface area contributed by atoms with Crippen LogP contribution in [0.3, 0.4) is 0 Å². The van der Waals surface area contributed by atoms with Crippen LogP contribution in [0.15, 0.2) is 12.2 Å². The summed E-state index contributed by atoms with van der Waals surface area (Å²) in [5.41, 5.74) is -1.28. The van der Waals surface area contributed by atoms with E-state index in [-0.39, 0.29) is 5.57 Å². The summed E-state index contributed by atoms with van der Waals surface area (Å²) in [6.45, 7) is 5.48. The van der Waals surface area contributed by atoms with Crippen molar-refractivity contribution in [2.45, 2.75) is 20.0 Å². The standard InChI is InChI=1S/C12H9F5O2/c1-4(2)12(18)19-5(3)6-7(13)9(15)11(17)10(16)8(6)14/h5H,1H2,2-3H3. The first kappa shape index (κ1) is 15.1. The first-order valence-corrected chi connectivity index (χ1v) is 5.06. The predicted octanol–water partition coefficient (Wildman–Crippen LogP) is 3.56. The van der Waals surface area contributed by atoms with E-state index in [0.717, 1.165) is 6.92 Å². The maximum absolute atomic E-state index is 13.4. The van der Waals surface area contributed by atoms with Gasteiger partial charge in [-0.05, 0) is 13.8 Å². The molecule has 19 heavy (non-hydrogen) atoms. The molecular formula is C12H9F5O2. The molecule has 1 atom stereocenters. The molecule has 0 saturated heterocycles. The third-order valence-corrected chi connectivity index (χ3v) is 2.28. The summed E-state index contributed by atoms with van der Waals surface area (Å²) in [7, 11) is 0. The highest BCUT2D eigenvalue weighted by molar-refractivity contribution is 5.87. The monoisotopic (exact) mass is 280 g/mol. The van der Waals surface area contributed by atoms with E-state index in [9.17, 15) is 26.7 Å². The van der Waals surface area contributed by atoms with Crippen molar-refractivity contribution in [1.29, 1.82) is 0 Å². The molecular weight excluding hydrogens is 271 g/mol. The molecule has 0 bridgehead atoms. The van der Waals surface area contributed by atoms with E-state index in [1.807, 2.05) is 0 Å². The Bertz CT molecular complexity index is 525. The maximum atomic E-state index is 13.4. The molecule has 0 N–H and O–H groups in total. The van der Waals surface area contributed by atoms with Gasteiger partial charge in [0.15, 0.2) is 23.3 Å². The maximum Gasteiger partial charge on any atom is 0.333 e. The van der Waals surface area contributed by atoms with Crippen LogP contribution in [0.1, 0.15) is 25.5 Å². The van der Waals surface area contributed by atoms with Gasteiger partial charge in [-0.2, -0.15) is 0 Å². The minimum Gasteiger partial charge on any atom is -0.454 e. The van der Waals surface area contributed by atoms with E-state index in [4.69, 9.17) is 0 Å². The topological polar surface area (TPSA) is 26.3 Å². The van der Waals surface area contributed by atoms with Gasteiger partial charge in [0.05, 0.1) is 5.56 Å². The van der Waals surface area contributed by atoms with E-state index in [0.29, 0.717) is 0 Å². The molecule has 0 spiro atoms. The van der Waals surface area contributed by atoms with Gasteiger partial charge >= 0.3 is 5.97 Å². The van der Waals surface area contributed by atoms with Crippen molar-refractivity contribution >= 4 is 5.97 Å². The second-order valence-electron chi connectivity index (χ2n) is 3.81. The van der Waals surface area contributed by atoms with Crippen LogP contribution < -0.4 is 0 Å². The fourth-order valence-electron chi connectivity index (χ4n) is 1.30. The van der Waals surface area contributed by atoms with Crippen molar-refractivity contribution < 1.29 is 31.5 Å². The lowest BCUT2D eigenvalue weighted by molar-refractivity contribution is -0.143. The Hall–Kier alpha value is -1.92. The van der Waals surface area contributed by atoms with E-state index in [2.05, 4.69) is 11.3 Å². The normalized spacial score (nSPS) is 12.2. The van der Waals surface area contributed by atoms with Crippen molar-refractivity contribution in [2.24, 2.45) is 0 Å². The number of esters is 1. The van der Waals surface area contributed by atoms with Crippen molar-refractivity contribution in [3.05, 3.63) is 46.8 Å². The summed E-state index contributed by atoms with van der Waals surface area (Å²) in [4.78, 5) is 11.2. The summed E-state index contributed by atoms with van der Waals surface area (Å²) >= 11 is 0. The molecule has 7 heteroatoms. The average Bonchev–Trinajstić information content (AvgIpc) is 2.34. The van der Waals surface area contributed by atoms with Crippen molar-refractivity contribution in [1.82, 2.24) is 0 Å². The van der Waals surface area contributed by atoms with Crippen LogP contribution >= 0.6 is 0 Å². The molecule has 0 radical (unpaired) electrons. The van der Waals surface area contributed by atoms with Gasteiger partial charge in [-0.3, -0.25) is 0 Å². The quantitative estimate of drug-likeness (QED) is 0.278. The van der Waals surface area contributed by atoms with Crippen LogP contribution in [0.4, 0.5) is 22.0 Å². The van der Waals surface area contributed by atoms with Crippen molar-refractivity contribution in [3.8, 4) is 0 Å². The van der Waals surface area contributed by atoms with Crippen LogP contribution in [-0.4, -0.2) is 5.97 Å². The number of hydrogen-bond acceptors (Lipinski definition) is 2. The number of rotatable bonds is 3. The van der Waals surface area contributed by atoms with Crippen molar-refractivity contribution in [2.75, 3.05) is 0 Å². The van der Waals surface area contributed by atoms with E-state index in [1.165, 1.54) is 6.92 Å². The smallest absolute Gasteiger partial charge is 0.333 e. The van der Waals surface area contributed by atoms with Gasteiger partial charge in [0.2, 0.25) is 5.82 Å². The average molecular weight is 280 g/mol. The second-order valence-corrected chi connectivity index (χ2v) is 3.81. The zero-order valence-corrected chi connectivity index (χ0v) is 9.99. The zero-order valence-electron chi connectivity index (χ0n) is 9.99. The Balaban J connectivity index is 3.28. The third kappa shape index (κ3) is 2.74. The van der Waals surface area contributed by atoms with Gasteiger partial charge in [0.25, 0.3) is 0 Å². The summed E-state index contributed by atoms with van der Waals surface area (Å²) < 4.78 is 70.0. The summed E-state index contributed by atoms with van der Waals surface area (Å²) in [5, 5.41) is 0. The molecule has 0 aliphatic rings. The SMILES string of the molecule is C=C(C)C(=O)OC(C)c1c(F)c(F)c(F)c(F)c1F. The molecule has 1 unspecified atom stereocenters. The highest BCUT2D eigenvalue weighted by atomic mass is 19.2. The fraction of sp³-hybridized carbons (Fsp3) is 0.250. The minimum absolute atomic E-state index is 0.0734. The Morgan fingerprint density at radius 3 is 1.74 bits per heavy atom. The van der Waals surface area contributed by atoms with E-state index in [1.54, 1.807) is 0 Å². The number of carbonyl (C=O) groups excluding carboxylic acids is 1. The van der Waals surface area contributed by atoms with E-state index >= 15 is 0 Å². The molecule has 0 aliphatic heterocycles. The zero-order chi connectivity index (χ0) is 14.9. The number of ether oxygens (including phenoxy) is 1.